The predicted octanol–water partition coefficient (Wildman–Crippen LogP) is 3.31. The number of hydrogen-bond acceptors (Lipinski definition) is 3. The fraction of sp³-hybridized carbons (Fsp3) is 0. The molecule has 1 aromatic carbocycles. The minimum absolute atomic E-state index is 0.0366. The summed E-state index contributed by atoms with van der Waals surface area (Å²) in [6.45, 7) is 0. The molecule has 1 aromatic heterocycles. The fourth-order valence-electron chi connectivity index (χ4n) is 1.03. The van der Waals surface area contributed by atoms with E-state index in [0.29, 0.717) is 10.6 Å². The minimum Gasteiger partial charge on any atom is -0.493 e. The first kappa shape index (κ1) is 9.43. The summed E-state index contributed by atoms with van der Waals surface area (Å²) < 4.78 is 12.8. The van der Waals surface area contributed by atoms with Crippen molar-refractivity contribution in [2.45, 2.75) is 0 Å². The van der Waals surface area contributed by atoms with Crippen molar-refractivity contribution < 1.29 is 9.50 Å². The number of thiazole rings is 1. The highest BCUT2D eigenvalue weighted by molar-refractivity contribution is 7.13. The van der Waals surface area contributed by atoms with Crippen molar-refractivity contribution in [1.82, 2.24) is 4.98 Å². The Balaban J connectivity index is 2.47. The van der Waals surface area contributed by atoms with Crippen molar-refractivity contribution in [2.24, 2.45) is 0 Å². The van der Waals surface area contributed by atoms with Gasteiger partial charge < -0.3 is 5.11 Å². The number of halogens is 2. The Morgan fingerprint density at radius 1 is 1.43 bits per heavy atom. The molecule has 0 atom stereocenters. The van der Waals surface area contributed by atoms with Gasteiger partial charge in [0, 0.05) is 5.56 Å². The molecule has 0 aliphatic heterocycles. The summed E-state index contributed by atoms with van der Waals surface area (Å²) in [7, 11) is 0. The number of benzene rings is 1. The molecule has 1 N–H and O–H groups in total. The second-order valence-corrected chi connectivity index (χ2v) is 3.91. The number of nitrogens with zero attached hydrogens (tertiary/aromatic N) is 1. The van der Waals surface area contributed by atoms with E-state index >= 15 is 0 Å². The maximum atomic E-state index is 12.8. The van der Waals surface area contributed by atoms with E-state index in [1.54, 1.807) is 6.07 Å². The molecule has 0 unspecified atom stereocenters. The van der Waals surface area contributed by atoms with E-state index in [9.17, 15) is 4.39 Å². The zero-order valence-electron chi connectivity index (χ0n) is 6.87. The Morgan fingerprint density at radius 2 is 2.21 bits per heavy atom. The van der Waals surface area contributed by atoms with Crippen LogP contribution in [-0.2, 0) is 0 Å². The summed E-state index contributed by atoms with van der Waals surface area (Å²) in [6, 6.07) is 4.32. The smallest absolute Gasteiger partial charge is 0.222 e. The van der Waals surface area contributed by atoms with Crippen LogP contribution in [0.2, 0.25) is 5.02 Å². The van der Waals surface area contributed by atoms with Crippen LogP contribution in [0.25, 0.3) is 10.6 Å². The average Bonchev–Trinajstić information content (AvgIpc) is 2.57. The highest BCUT2D eigenvalue weighted by Gasteiger charge is 2.06. The van der Waals surface area contributed by atoms with Crippen LogP contribution in [0.1, 0.15) is 0 Å². The molecule has 0 saturated carbocycles. The topological polar surface area (TPSA) is 33.1 Å². The Hall–Kier alpha value is -1.13. The molecule has 0 fully saturated rings. The van der Waals surface area contributed by atoms with Crippen molar-refractivity contribution in [1.29, 1.82) is 0 Å². The normalized spacial score (nSPS) is 10.4. The Morgan fingerprint density at radius 3 is 2.79 bits per heavy atom. The Labute approximate surface area is 88.6 Å². The summed E-state index contributed by atoms with van der Waals surface area (Å²) in [6.07, 6.45) is 0. The van der Waals surface area contributed by atoms with Crippen LogP contribution in [0.3, 0.4) is 0 Å². The van der Waals surface area contributed by atoms with Crippen LogP contribution in [0, 0.1) is 5.82 Å². The van der Waals surface area contributed by atoms with Gasteiger partial charge in [0.25, 0.3) is 0 Å². The maximum Gasteiger partial charge on any atom is 0.222 e. The zero-order chi connectivity index (χ0) is 10.1. The van der Waals surface area contributed by atoms with Gasteiger partial charge in [-0.25, -0.2) is 9.37 Å². The Bertz CT molecular complexity index is 472. The van der Waals surface area contributed by atoms with Crippen molar-refractivity contribution in [2.75, 3.05) is 0 Å². The van der Waals surface area contributed by atoms with Crippen molar-refractivity contribution >= 4 is 22.9 Å². The molecule has 14 heavy (non-hydrogen) atoms. The van der Waals surface area contributed by atoms with E-state index in [0.717, 1.165) is 0 Å². The van der Waals surface area contributed by atoms with Crippen LogP contribution in [0.15, 0.2) is 23.6 Å². The summed E-state index contributed by atoms with van der Waals surface area (Å²) in [4.78, 5) is 3.84. The lowest BCUT2D eigenvalue weighted by molar-refractivity contribution is 0.458. The van der Waals surface area contributed by atoms with Gasteiger partial charge in [-0.2, -0.15) is 0 Å². The first-order chi connectivity index (χ1) is 6.66. The van der Waals surface area contributed by atoms with Gasteiger partial charge in [-0.15, -0.1) is 11.3 Å². The highest BCUT2D eigenvalue weighted by atomic mass is 35.5. The summed E-state index contributed by atoms with van der Waals surface area (Å²) in [5.74, 6) is -0.498. The van der Waals surface area contributed by atoms with Gasteiger partial charge >= 0.3 is 0 Å². The first-order valence-corrected chi connectivity index (χ1v) is 5.02. The second-order valence-electron chi connectivity index (χ2n) is 2.64. The summed E-state index contributed by atoms with van der Waals surface area (Å²) >= 11 is 6.88. The number of hydrogen-bond donors (Lipinski definition) is 1. The lowest BCUT2D eigenvalue weighted by Crippen LogP contribution is -1.79. The van der Waals surface area contributed by atoms with Crippen LogP contribution in [0.5, 0.6) is 5.88 Å². The molecule has 2 aromatic rings. The third-order valence-corrected chi connectivity index (χ3v) is 2.83. The molecule has 2 nitrogen and oxygen atoms in total. The molecule has 1 heterocycles. The first-order valence-electron chi connectivity index (χ1n) is 3.77. The van der Waals surface area contributed by atoms with E-state index in [1.165, 1.54) is 28.8 Å². The maximum absolute atomic E-state index is 12.8. The molecule has 2 rings (SSSR count). The molecule has 0 aliphatic carbocycles. The van der Waals surface area contributed by atoms with Gasteiger partial charge in [-0.05, 0) is 18.2 Å². The second kappa shape index (κ2) is 3.55. The molecule has 0 saturated heterocycles. The quantitative estimate of drug-likeness (QED) is 0.814. The van der Waals surface area contributed by atoms with Crippen LogP contribution in [-0.4, -0.2) is 10.1 Å². The van der Waals surface area contributed by atoms with Crippen LogP contribution < -0.4 is 0 Å². The van der Waals surface area contributed by atoms with E-state index in [-0.39, 0.29) is 10.9 Å². The predicted molar refractivity (Wildman–Crippen MR) is 54.2 cm³/mol. The van der Waals surface area contributed by atoms with Crippen molar-refractivity contribution in [3.05, 3.63) is 34.4 Å². The molecule has 72 valence electrons. The van der Waals surface area contributed by atoms with Gasteiger partial charge in [0.15, 0.2) is 0 Å². The van der Waals surface area contributed by atoms with Gasteiger partial charge in [-0.3, -0.25) is 0 Å². The SMILES string of the molecule is Oc1csc(-c2ccc(F)c(Cl)c2)n1. The van der Waals surface area contributed by atoms with Crippen molar-refractivity contribution in [3.8, 4) is 16.5 Å². The third kappa shape index (κ3) is 1.71. The van der Waals surface area contributed by atoms with E-state index in [4.69, 9.17) is 16.7 Å². The number of aromatic nitrogens is 1. The molecule has 0 amide bonds. The minimum atomic E-state index is -0.462. The molecule has 5 heteroatoms. The molecule has 0 spiro atoms. The van der Waals surface area contributed by atoms with Gasteiger partial charge in [0.2, 0.25) is 5.88 Å². The van der Waals surface area contributed by atoms with Crippen molar-refractivity contribution in [3.63, 3.8) is 0 Å². The molecule has 0 radical (unpaired) electrons. The lowest BCUT2D eigenvalue weighted by Gasteiger charge is -1.97. The van der Waals surface area contributed by atoms with E-state index < -0.39 is 5.82 Å². The van der Waals surface area contributed by atoms with Gasteiger partial charge in [0.1, 0.15) is 10.8 Å². The largest absolute Gasteiger partial charge is 0.493 e. The number of aromatic hydroxyl groups is 1. The Kier molecular flexibility index (Phi) is 2.39. The van der Waals surface area contributed by atoms with Crippen LogP contribution >= 0.6 is 22.9 Å². The summed E-state index contributed by atoms with van der Waals surface area (Å²) in [5.41, 5.74) is 0.696. The van der Waals surface area contributed by atoms with Gasteiger partial charge in [-0.1, -0.05) is 11.6 Å². The standard InChI is InChI=1S/C9H5ClFNOS/c10-6-3-5(1-2-7(6)11)9-12-8(13)4-14-9/h1-4,13H. The monoisotopic (exact) mass is 229 g/mol. The zero-order valence-corrected chi connectivity index (χ0v) is 8.44. The van der Waals surface area contributed by atoms with E-state index in [1.807, 2.05) is 0 Å². The number of rotatable bonds is 1. The molecule has 0 bridgehead atoms. The molecule has 0 aliphatic rings. The highest BCUT2D eigenvalue weighted by Crippen LogP contribution is 2.29. The molecular weight excluding hydrogens is 225 g/mol. The molecular formula is C9H5ClFNOS. The summed E-state index contributed by atoms with van der Waals surface area (Å²) in [5, 5.41) is 11.2. The van der Waals surface area contributed by atoms with Gasteiger partial charge in [0.05, 0.1) is 10.4 Å². The third-order valence-electron chi connectivity index (χ3n) is 1.66. The lowest BCUT2D eigenvalue weighted by atomic mass is 10.2. The van der Waals surface area contributed by atoms with Crippen LogP contribution in [0.4, 0.5) is 4.39 Å². The fourth-order valence-corrected chi connectivity index (χ4v) is 1.89. The van der Waals surface area contributed by atoms with E-state index in [2.05, 4.69) is 4.98 Å². The average molecular weight is 230 g/mol.